The van der Waals surface area contributed by atoms with E-state index in [1.54, 1.807) is 0 Å². The maximum Gasteiger partial charge on any atom is 0.405 e. The van der Waals surface area contributed by atoms with Gasteiger partial charge < -0.3 is 5.32 Å². The van der Waals surface area contributed by atoms with Crippen molar-refractivity contribution in [3.05, 3.63) is 0 Å². The van der Waals surface area contributed by atoms with Crippen molar-refractivity contribution in [3.8, 4) is 0 Å². The molecule has 1 N–H and O–H groups in total. The molecule has 0 saturated carbocycles. The summed E-state index contributed by atoms with van der Waals surface area (Å²) in [6.45, 7) is -1.12. The van der Waals surface area contributed by atoms with Gasteiger partial charge in [0, 0.05) is 0 Å². The molecular formula is C3H4F3NS2. The molecule has 54 valence electrons. The third kappa shape index (κ3) is 8.03. The van der Waals surface area contributed by atoms with Crippen molar-refractivity contribution in [3.63, 3.8) is 0 Å². The van der Waals surface area contributed by atoms with E-state index in [1.165, 1.54) is 0 Å². The number of hydrogen-bond acceptors (Lipinski definition) is 1. The second kappa shape index (κ2) is 3.26. The van der Waals surface area contributed by atoms with E-state index in [-0.39, 0.29) is 4.32 Å². The van der Waals surface area contributed by atoms with Crippen LogP contribution in [0.1, 0.15) is 0 Å². The van der Waals surface area contributed by atoms with Crippen LogP contribution in [0, 0.1) is 0 Å². The average molecular weight is 175 g/mol. The minimum Gasteiger partial charge on any atom is -0.362 e. The molecule has 0 rings (SSSR count). The Balaban J connectivity index is 3.39. The van der Waals surface area contributed by atoms with E-state index in [0.29, 0.717) is 0 Å². The first kappa shape index (κ1) is 9.03. The molecule has 0 radical (unpaired) electrons. The Labute approximate surface area is 61.0 Å². The Morgan fingerprint density at radius 2 is 2.00 bits per heavy atom. The predicted octanol–water partition coefficient (Wildman–Crippen LogP) is 1.35. The molecule has 0 aromatic heterocycles. The van der Waals surface area contributed by atoms with Crippen molar-refractivity contribution in [1.29, 1.82) is 0 Å². The van der Waals surface area contributed by atoms with Crippen LogP contribution in [0.5, 0.6) is 0 Å². The standard InChI is InChI=1S/C3H4F3NS2/c4-3(5,6)1-7-2(8)9/h1H2,(H2,7,8,9). The quantitative estimate of drug-likeness (QED) is 0.461. The zero-order chi connectivity index (χ0) is 7.49. The van der Waals surface area contributed by atoms with Crippen LogP contribution in [-0.4, -0.2) is 17.0 Å². The van der Waals surface area contributed by atoms with Crippen molar-refractivity contribution in [1.82, 2.24) is 5.32 Å². The van der Waals surface area contributed by atoms with Crippen LogP contribution in [0.3, 0.4) is 0 Å². The topological polar surface area (TPSA) is 12.0 Å². The lowest BCUT2D eigenvalue weighted by Gasteiger charge is -2.05. The molecule has 0 spiro atoms. The number of halogens is 3. The molecule has 6 heteroatoms. The molecule has 0 bridgehead atoms. The second-order valence-corrected chi connectivity index (χ2v) is 2.43. The molecule has 1 nitrogen and oxygen atoms in total. The Hall–Kier alpha value is 0.0300. The summed E-state index contributed by atoms with van der Waals surface area (Å²) in [5.41, 5.74) is 0. The SMILES string of the molecule is FC(F)(F)CNC(=S)S. The van der Waals surface area contributed by atoms with Crippen LogP contribution in [-0.2, 0) is 0 Å². The molecule has 0 amide bonds. The lowest BCUT2D eigenvalue weighted by molar-refractivity contribution is -0.121. The fraction of sp³-hybridized carbons (Fsp3) is 0.667. The summed E-state index contributed by atoms with van der Waals surface area (Å²) in [5.74, 6) is 0. The maximum absolute atomic E-state index is 11.3. The number of thiocarbonyl (C=S) groups is 1. The van der Waals surface area contributed by atoms with E-state index < -0.39 is 12.7 Å². The maximum atomic E-state index is 11.3. The Bertz CT molecular complexity index is 110. The summed E-state index contributed by atoms with van der Waals surface area (Å²) in [6.07, 6.45) is -4.22. The van der Waals surface area contributed by atoms with E-state index in [4.69, 9.17) is 0 Å². The van der Waals surface area contributed by atoms with Crippen LogP contribution in [0.4, 0.5) is 13.2 Å². The smallest absolute Gasteiger partial charge is 0.362 e. The number of nitrogens with one attached hydrogen (secondary N) is 1. The fourth-order valence-corrected chi connectivity index (χ4v) is 0.327. The van der Waals surface area contributed by atoms with Crippen molar-refractivity contribution >= 4 is 29.2 Å². The minimum atomic E-state index is -4.22. The monoisotopic (exact) mass is 175 g/mol. The zero-order valence-corrected chi connectivity index (χ0v) is 5.91. The third-order valence-corrected chi connectivity index (χ3v) is 0.743. The van der Waals surface area contributed by atoms with Gasteiger partial charge in [-0.1, -0.05) is 12.2 Å². The normalized spacial score (nSPS) is 11.1. The van der Waals surface area contributed by atoms with Crippen molar-refractivity contribution in [2.75, 3.05) is 6.54 Å². The van der Waals surface area contributed by atoms with Crippen LogP contribution >= 0.6 is 24.8 Å². The first-order valence-corrected chi connectivity index (χ1v) is 2.81. The van der Waals surface area contributed by atoms with Gasteiger partial charge in [-0.3, -0.25) is 0 Å². The molecule has 0 aliphatic heterocycles. The zero-order valence-electron chi connectivity index (χ0n) is 4.20. The summed E-state index contributed by atoms with van der Waals surface area (Å²) in [4.78, 5) is 0. The molecule has 0 aliphatic rings. The van der Waals surface area contributed by atoms with Gasteiger partial charge in [-0.2, -0.15) is 13.2 Å². The molecule has 9 heavy (non-hydrogen) atoms. The van der Waals surface area contributed by atoms with Gasteiger partial charge in [-0.15, -0.1) is 12.6 Å². The largest absolute Gasteiger partial charge is 0.405 e. The van der Waals surface area contributed by atoms with Crippen molar-refractivity contribution in [2.24, 2.45) is 0 Å². The van der Waals surface area contributed by atoms with Crippen LogP contribution in [0.15, 0.2) is 0 Å². The number of thiol groups is 1. The molecule has 0 atom stereocenters. The van der Waals surface area contributed by atoms with E-state index >= 15 is 0 Å². The molecule has 0 aliphatic carbocycles. The lowest BCUT2D eigenvalue weighted by Crippen LogP contribution is -2.30. The molecule has 0 saturated heterocycles. The van der Waals surface area contributed by atoms with Gasteiger partial charge >= 0.3 is 6.18 Å². The minimum absolute atomic E-state index is 0.146. The van der Waals surface area contributed by atoms with Crippen LogP contribution in [0.2, 0.25) is 0 Å². The molecule has 0 fully saturated rings. The number of hydrogen-bond donors (Lipinski definition) is 2. The molecule has 0 heterocycles. The average Bonchev–Trinajstić information content (AvgIpc) is 1.59. The molecular weight excluding hydrogens is 171 g/mol. The Morgan fingerprint density at radius 3 is 2.11 bits per heavy atom. The highest BCUT2D eigenvalue weighted by Crippen LogP contribution is 2.12. The van der Waals surface area contributed by atoms with Gasteiger partial charge in [0.15, 0.2) is 0 Å². The number of alkyl halides is 3. The summed E-state index contributed by atoms with van der Waals surface area (Å²) >= 11 is 7.65. The van der Waals surface area contributed by atoms with E-state index in [9.17, 15) is 13.2 Å². The van der Waals surface area contributed by atoms with Crippen LogP contribution in [0.25, 0.3) is 0 Å². The second-order valence-electron chi connectivity index (χ2n) is 1.27. The summed E-state index contributed by atoms with van der Waals surface area (Å²) in [7, 11) is 0. The van der Waals surface area contributed by atoms with Gasteiger partial charge in [-0.25, -0.2) is 0 Å². The first-order chi connectivity index (χ1) is 3.92. The van der Waals surface area contributed by atoms with Gasteiger partial charge in [0.2, 0.25) is 0 Å². The van der Waals surface area contributed by atoms with E-state index in [2.05, 4.69) is 24.8 Å². The summed E-state index contributed by atoms with van der Waals surface area (Å²) < 4.78 is 33.6. The third-order valence-electron chi connectivity index (χ3n) is 0.440. The van der Waals surface area contributed by atoms with Gasteiger partial charge in [0.05, 0.1) is 0 Å². The molecule has 0 unspecified atom stereocenters. The van der Waals surface area contributed by atoms with E-state index in [1.807, 2.05) is 5.32 Å². The highest BCUT2D eigenvalue weighted by Gasteiger charge is 2.26. The Kier molecular flexibility index (Phi) is 3.27. The summed E-state index contributed by atoms with van der Waals surface area (Å²) in [6, 6.07) is 0. The van der Waals surface area contributed by atoms with E-state index in [0.717, 1.165) is 0 Å². The van der Waals surface area contributed by atoms with Gasteiger partial charge in [-0.05, 0) is 0 Å². The highest BCUT2D eigenvalue weighted by molar-refractivity contribution is 8.11. The predicted molar refractivity (Wildman–Crippen MR) is 35.6 cm³/mol. The van der Waals surface area contributed by atoms with Crippen molar-refractivity contribution in [2.45, 2.75) is 6.18 Å². The fourth-order valence-electron chi connectivity index (χ4n) is 0.176. The lowest BCUT2D eigenvalue weighted by atomic mass is 10.6. The Morgan fingerprint density at radius 1 is 1.56 bits per heavy atom. The highest BCUT2D eigenvalue weighted by atomic mass is 32.1. The molecule has 0 aromatic rings. The number of rotatable bonds is 1. The first-order valence-electron chi connectivity index (χ1n) is 1.95. The summed E-state index contributed by atoms with van der Waals surface area (Å²) in [5, 5.41) is 1.86. The van der Waals surface area contributed by atoms with Gasteiger partial charge in [0.25, 0.3) is 0 Å². The van der Waals surface area contributed by atoms with Crippen LogP contribution < -0.4 is 5.32 Å². The van der Waals surface area contributed by atoms with Gasteiger partial charge in [0.1, 0.15) is 10.9 Å². The van der Waals surface area contributed by atoms with Crippen molar-refractivity contribution < 1.29 is 13.2 Å². The molecule has 0 aromatic carbocycles.